The number of ether oxygens (including phenoxy) is 5. The Kier molecular flexibility index (Phi) is 8.08. The molecule has 4 aliphatic rings. The van der Waals surface area contributed by atoms with Gasteiger partial charge in [-0.15, -0.1) is 0 Å². The molecule has 2 unspecified atom stereocenters. The maximum atomic E-state index is 14.8. The zero-order chi connectivity index (χ0) is 28.3. The molecule has 2 aromatic carbocycles. The Labute approximate surface area is 236 Å². The van der Waals surface area contributed by atoms with Crippen LogP contribution in [0.15, 0.2) is 36.4 Å². The maximum absolute atomic E-state index is 14.8. The van der Waals surface area contributed by atoms with Crippen molar-refractivity contribution >= 4 is 34.9 Å². The minimum absolute atomic E-state index is 0.0769. The Morgan fingerprint density at radius 1 is 0.683 bits per heavy atom. The number of carbonyl (C=O) groups excluding carboxylic acids is 2. The fourth-order valence-electron chi connectivity index (χ4n) is 5.42. The standard InChI is InChI=1S/C28H32F2N4O7/c29-23-13-19(1-3-25(23)31-5-9-37-10-6-31)33-15-21(40-27(33)35)17-39-18-22-16-34(28(36)41-22)20-2-4-26(24(30)14-20)32-7-11-38-12-8-32/h1-4,13-14,21-22H,5-12,15-18H2. The molecule has 0 radical (unpaired) electrons. The van der Waals surface area contributed by atoms with Gasteiger partial charge in [-0.1, -0.05) is 0 Å². The van der Waals surface area contributed by atoms with Crippen LogP contribution >= 0.6 is 0 Å². The van der Waals surface area contributed by atoms with Crippen LogP contribution in [0.3, 0.4) is 0 Å². The summed E-state index contributed by atoms with van der Waals surface area (Å²) >= 11 is 0. The van der Waals surface area contributed by atoms with Crippen molar-refractivity contribution in [1.29, 1.82) is 0 Å². The van der Waals surface area contributed by atoms with Crippen LogP contribution < -0.4 is 19.6 Å². The van der Waals surface area contributed by atoms with Gasteiger partial charge in [0.05, 0.1) is 75.5 Å². The largest absolute Gasteiger partial charge is 0.441 e. The highest BCUT2D eigenvalue weighted by molar-refractivity contribution is 5.90. The van der Waals surface area contributed by atoms with Gasteiger partial charge in [0.25, 0.3) is 0 Å². The number of hydrogen-bond acceptors (Lipinski definition) is 9. The number of halogens is 2. The molecule has 2 amide bonds. The van der Waals surface area contributed by atoms with E-state index < -0.39 is 36.0 Å². The van der Waals surface area contributed by atoms with E-state index in [9.17, 15) is 18.4 Å². The number of rotatable bonds is 8. The van der Waals surface area contributed by atoms with Gasteiger partial charge in [0.15, 0.2) is 0 Å². The molecular weight excluding hydrogens is 542 g/mol. The van der Waals surface area contributed by atoms with E-state index in [4.69, 9.17) is 23.7 Å². The molecule has 11 nitrogen and oxygen atoms in total. The van der Waals surface area contributed by atoms with Crippen molar-refractivity contribution in [2.24, 2.45) is 0 Å². The molecule has 0 saturated carbocycles. The molecule has 4 fully saturated rings. The highest BCUT2D eigenvalue weighted by atomic mass is 19.1. The number of cyclic esters (lactones) is 2. The van der Waals surface area contributed by atoms with Crippen LogP contribution in [0, 0.1) is 11.6 Å². The summed E-state index contributed by atoms with van der Waals surface area (Å²) < 4.78 is 56.9. The van der Waals surface area contributed by atoms with Gasteiger partial charge in [-0.3, -0.25) is 9.80 Å². The second kappa shape index (κ2) is 12.0. The zero-order valence-corrected chi connectivity index (χ0v) is 22.5. The molecule has 220 valence electrons. The molecule has 0 aliphatic carbocycles. The van der Waals surface area contributed by atoms with E-state index in [0.717, 1.165) is 0 Å². The van der Waals surface area contributed by atoms with Gasteiger partial charge < -0.3 is 33.5 Å². The molecule has 6 rings (SSSR count). The van der Waals surface area contributed by atoms with Gasteiger partial charge in [0.2, 0.25) is 0 Å². The Morgan fingerprint density at radius 3 is 1.49 bits per heavy atom. The van der Waals surface area contributed by atoms with Crippen LogP contribution in [0.4, 0.5) is 41.1 Å². The van der Waals surface area contributed by atoms with Crippen molar-refractivity contribution in [3.63, 3.8) is 0 Å². The summed E-state index contributed by atoms with van der Waals surface area (Å²) in [6.07, 6.45) is -2.31. The lowest BCUT2D eigenvalue weighted by Gasteiger charge is -2.29. The van der Waals surface area contributed by atoms with Crippen LogP contribution in [-0.2, 0) is 23.7 Å². The highest BCUT2D eigenvalue weighted by Crippen LogP contribution is 2.30. The van der Waals surface area contributed by atoms with Gasteiger partial charge in [-0.2, -0.15) is 0 Å². The Hall–Kier alpha value is -3.68. The quantitative estimate of drug-likeness (QED) is 0.472. The number of morpholine rings is 2. The third-order valence-electron chi connectivity index (χ3n) is 7.55. The maximum Gasteiger partial charge on any atom is 0.414 e. The van der Waals surface area contributed by atoms with Crippen molar-refractivity contribution in [3.05, 3.63) is 48.0 Å². The zero-order valence-electron chi connectivity index (χ0n) is 22.5. The van der Waals surface area contributed by atoms with Gasteiger partial charge >= 0.3 is 12.2 Å². The second-order valence-corrected chi connectivity index (χ2v) is 10.2. The molecule has 4 heterocycles. The Balaban J connectivity index is 0.989. The van der Waals surface area contributed by atoms with E-state index in [1.165, 1.54) is 21.9 Å². The average Bonchev–Trinajstić information content (AvgIpc) is 3.55. The first-order chi connectivity index (χ1) is 20.0. The first-order valence-corrected chi connectivity index (χ1v) is 13.7. The predicted molar refractivity (Wildman–Crippen MR) is 145 cm³/mol. The lowest BCUT2D eigenvalue weighted by atomic mass is 10.2. The van der Waals surface area contributed by atoms with Crippen molar-refractivity contribution in [2.45, 2.75) is 12.2 Å². The van der Waals surface area contributed by atoms with E-state index in [1.54, 1.807) is 24.3 Å². The summed E-state index contributed by atoms with van der Waals surface area (Å²) in [6, 6.07) is 9.38. The molecule has 2 atom stereocenters. The van der Waals surface area contributed by atoms with Crippen molar-refractivity contribution in [1.82, 2.24) is 0 Å². The summed E-state index contributed by atoms with van der Waals surface area (Å²) in [6.45, 7) is 5.13. The summed E-state index contributed by atoms with van der Waals surface area (Å²) in [5, 5.41) is 0. The SMILES string of the molecule is O=C1OC(COCC2CN(c3ccc(N4CCOCC4)c(F)c3)C(=O)O2)CN1c1ccc(N2CCOCC2)c(F)c1. The average molecular weight is 575 g/mol. The Bertz CT molecular complexity index is 1180. The number of amides is 2. The van der Waals surface area contributed by atoms with Crippen LogP contribution in [0.5, 0.6) is 0 Å². The fraction of sp³-hybridized carbons (Fsp3) is 0.500. The minimum atomic E-state index is -0.585. The van der Waals surface area contributed by atoms with E-state index in [0.29, 0.717) is 75.4 Å². The lowest BCUT2D eigenvalue weighted by molar-refractivity contribution is 0.00764. The number of nitrogens with zero attached hydrogens (tertiary/aromatic N) is 4. The smallest absolute Gasteiger partial charge is 0.414 e. The summed E-state index contributed by atoms with van der Waals surface area (Å²) in [4.78, 5) is 31.5. The van der Waals surface area contributed by atoms with E-state index in [-0.39, 0.29) is 26.3 Å². The van der Waals surface area contributed by atoms with Crippen LogP contribution in [0.2, 0.25) is 0 Å². The van der Waals surface area contributed by atoms with E-state index in [1.807, 2.05) is 9.80 Å². The number of anilines is 4. The minimum Gasteiger partial charge on any atom is -0.441 e. The molecule has 13 heteroatoms. The third kappa shape index (κ3) is 6.02. The number of hydrogen-bond donors (Lipinski definition) is 0. The summed E-state index contributed by atoms with van der Waals surface area (Å²) in [5.74, 6) is -0.833. The normalized spacial score (nSPS) is 23.3. The molecule has 41 heavy (non-hydrogen) atoms. The molecule has 0 N–H and O–H groups in total. The molecule has 4 aliphatic heterocycles. The Morgan fingerprint density at radius 2 is 1.10 bits per heavy atom. The second-order valence-electron chi connectivity index (χ2n) is 10.2. The van der Waals surface area contributed by atoms with Gasteiger partial charge in [-0.25, -0.2) is 18.4 Å². The van der Waals surface area contributed by atoms with Gasteiger partial charge in [0, 0.05) is 26.2 Å². The van der Waals surface area contributed by atoms with Crippen molar-refractivity contribution in [3.8, 4) is 0 Å². The summed E-state index contributed by atoms with van der Waals surface area (Å²) in [5.41, 5.74) is 1.75. The molecule has 0 spiro atoms. The van der Waals surface area contributed by atoms with Gasteiger partial charge in [0.1, 0.15) is 23.8 Å². The molecule has 2 aromatic rings. The summed E-state index contributed by atoms with van der Waals surface area (Å²) in [7, 11) is 0. The first kappa shape index (κ1) is 27.5. The van der Waals surface area contributed by atoms with E-state index >= 15 is 0 Å². The van der Waals surface area contributed by atoms with Crippen LogP contribution in [-0.4, -0.2) is 103 Å². The van der Waals surface area contributed by atoms with E-state index in [2.05, 4.69) is 0 Å². The fourth-order valence-corrected chi connectivity index (χ4v) is 5.42. The highest BCUT2D eigenvalue weighted by Gasteiger charge is 2.36. The topological polar surface area (TPSA) is 93.2 Å². The van der Waals surface area contributed by atoms with Crippen molar-refractivity contribution < 1.29 is 42.1 Å². The van der Waals surface area contributed by atoms with Crippen LogP contribution in [0.25, 0.3) is 0 Å². The van der Waals surface area contributed by atoms with Gasteiger partial charge in [-0.05, 0) is 36.4 Å². The lowest BCUT2D eigenvalue weighted by Crippen LogP contribution is -2.36. The van der Waals surface area contributed by atoms with Crippen LogP contribution in [0.1, 0.15) is 0 Å². The molecular formula is C28H32F2N4O7. The molecule has 0 aromatic heterocycles. The third-order valence-corrected chi connectivity index (χ3v) is 7.55. The molecule has 0 bridgehead atoms. The monoisotopic (exact) mass is 574 g/mol. The first-order valence-electron chi connectivity index (χ1n) is 13.7. The number of carbonyl (C=O) groups is 2. The predicted octanol–water partition coefficient (Wildman–Crippen LogP) is 3.01. The van der Waals surface area contributed by atoms with Crippen molar-refractivity contribution in [2.75, 3.05) is 98.5 Å². The number of benzene rings is 2. The molecule has 4 saturated heterocycles.